The maximum Gasteiger partial charge on any atom is 0.281 e. The van der Waals surface area contributed by atoms with E-state index < -0.39 is 10.0 Å². The number of benzene rings is 1. The molecule has 8 heteroatoms. The van der Waals surface area contributed by atoms with Crippen molar-refractivity contribution in [3.8, 4) is 0 Å². The third-order valence-corrected chi connectivity index (χ3v) is 7.91. The van der Waals surface area contributed by atoms with Gasteiger partial charge in [0.15, 0.2) is 0 Å². The number of nitrogens with one attached hydrogen (secondary N) is 1. The first kappa shape index (κ1) is 20.7. The Balaban J connectivity index is 1.69. The number of nitrogens with zero attached hydrogens (tertiary/aromatic N) is 2. The molecular weight excluding hydrogens is 394 g/mol. The average molecular weight is 420 g/mol. The zero-order valence-corrected chi connectivity index (χ0v) is 18.0. The van der Waals surface area contributed by atoms with Crippen LogP contribution in [-0.4, -0.2) is 38.4 Å². The standard InChI is InChI=1S/C20H25N3O3S2/c1-14(15-9-11-17(12-10-15)28(25,26)23(2)3)21-22-20(24)19-13-16-7-5-4-6-8-18(16)27-19/h9-13H,4-8H2,1-3H3,(H,22,24)/b21-14-. The van der Waals surface area contributed by atoms with Crippen LogP contribution in [-0.2, 0) is 22.9 Å². The molecule has 0 atom stereocenters. The predicted octanol–water partition coefficient (Wildman–Crippen LogP) is 3.42. The van der Waals surface area contributed by atoms with Crippen LogP contribution < -0.4 is 5.43 Å². The van der Waals surface area contributed by atoms with Gasteiger partial charge in [-0.2, -0.15) is 5.10 Å². The Labute approximate surface area is 170 Å². The van der Waals surface area contributed by atoms with E-state index in [9.17, 15) is 13.2 Å². The topological polar surface area (TPSA) is 78.8 Å². The molecule has 150 valence electrons. The van der Waals surface area contributed by atoms with Crippen molar-refractivity contribution in [3.05, 3.63) is 51.2 Å². The van der Waals surface area contributed by atoms with E-state index in [0.717, 1.165) is 18.4 Å². The summed E-state index contributed by atoms with van der Waals surface area (Å²) in [6.07, 6.45) is 5.72. The van der Waals surface area contributed by atoms with E-state index in [4.69, 9.17) is 0 Å². The van der Waals surface area contributed by atoms with Crippen molar-refractivity contribution >= 4 is 33.0 Å². The Morgan fingerprint density at radius 2 is 1.79 bits per heavy atom. The van der Waals surface area contributed by atoms with Gasteiger partial charge in [0.25, 0.3) is 5.91 Å². The molecule has 0 saturated heterocycles. The number of hydrazone groups is 1. The van der Waals surface area contributed by atoms with Crippen molar-refractivity contribution in [1.29, 1.82) is 0 Å². The van der Waals surface area contributed by atoms with Crippen molar-refractivity contribution in [1.82, 2.24) is 9.73 Å². The normalized spacial score (nSPS) is 15.2. The average Bonchev–Trinajstić information content (AvgIpc) is 2.96. The van der Waals surface area contributed by atoms with Crippen molar-refractivity contribution in [2.75, 3.05) is 14.1 Å². The smallest absolute Gasteiger partial charge is 0.266 e. The molecule has 28 heavy (non-hydrogen) atoms. The van der Waals surface area contributed by atoms with Crippen LogP contribution in [0.3, 0.4) is 0 Å². The van der Waals surface area contributed by atoms with Gasteiger partial charge in [-0.25, -0.2) is 18.1 Å². The van der Waals surface area contributed by atoms with E-state index in [1.165, 1.54) is 48.1 Å². The lowest BCUT2D eigenvalue weighted by molar-refractivity contribution is 0.0959. The minimum Gasteiger partial charge on any atom is -0.266 e. The van der Waals surface area contributed by atoms with Gasteiger partial charge in [-0.05, 0) is 61.9 Å². The molecule has 0 fully saturated rings. The second kappa shape index (κ2) is 8.55. The van der Waals surface area contributed by atoms with E-state index in [1.54, 1.807) is 42.5 Å². The highest BCUT2D eigenvalue weighted by Gasteiger charge is 2.18. The lowest BCUT2D eigenvalue weighted by atomic mass is 10.1. The summed E-state index contributed by atoms with van der Waals surface area (Å²) in [5.74, 6) is -0.204. The first-order valence-electron chi connectivity index (χ1n) is 9.28. The zero-order chi connectivity index (χ0) is 20.3. The molecule has 2 aromatic rings. The monoisotopic (exact) mass is 419 g/mol. The van der Waals surface area contributed by atoms with Gasteiger partial charge in [-0.1, -0.05) is 18.6 Å². The number of sulfonamides is 1. The maximum absolute atomic E-state index is 12.5. The Morgan fingerprint density at radius 3 is 2.46 bits per heavy atom. The highest BCUT2D eigenvalue weighted by Crippen LogP contribution is 2.28. The van der Waals surface area contributed by atoms with E-state index >= 15 is 0 Å². The van der Waals surface area contributed by atoms with Crippen molar-refractivity contribution < 1.29 is 13.2 Å². The first-order chi connectivity index (χ1) is 13.3. The largest absolute Gasteiger partial charge is 0.281 e. The van der Waals surface area contributed by atoms with Gasteiger partial charge in [-0.3, -0.25) is 4.79 Å². The minimum absolute atomic E-state index is 0.204. The molecule has 1 amide bonds. The molecule has 1 aromatic carbocycles. The molecule has 6 nitrogen and oxygen atoms in total. The Kier molecular flexibility index (Phi) is 6.32. The molecule has 0 bridgehead atoms. The molecule has 0 aliphatic heterocycles. The van der Waals surface area contributed by atoms with E-state index in [2.05, 4.69) is 10.5 Å². The van der Waals surface area contributed by atoms with Crippen LogP contribution in [0.15, 0.2) is 40.3 Å². The van der Waals surface area contributed by atoms with Gasteiger partial charge in [0, 0.05) is 19.0 Å². The third-order valence-electron chi connectivity index (χ3n) is 4.85. The minimum atomic E-state index is -3.46. The highest BCUT2D eigenvalue weighted by atomic mass is 32.2. The summed E-state index contributed by atoms with van der Waals surface area (Å²) in [5, 5.41) is 4.19. The second-order valence-corrected chi connectivity index (χ2v) is 10.4. The molecule has 3 rings (SSSR count). The molecule has 0 radical (unpaired) electrons. The molecule has 1 aliphatic carbocycles. The van der Waals surface area contributed by atoms with Crippen molar-refractivity contribution in [2.45, 2.75) is 43.9 Å². The molecule has 0 spiro atoms. The summed E-state index contributed by atoms with van der Waals surface area (Å²) in [5.41, 5.74) is 5.28. The van der Waals surface area contributed by atoms with E-state index in [0.29, 0.717) is 10.6 Å². The summed E-state index contributed by atoms with van der Waals surface area (Å²) in [4.78, 5) is 14.7. The van der Waals surface area contributed by atoms with Crippen LogP contribution in [0.25, 0.3) is 0 Å². The Morgan fingerprint density at radius 1 is 1.11 bits per heavy atom. The van der Waals surface area contributed by atoms with Crippen LogP contribution in [0, 0.1) is 0 Å². The van der Waals surface area contributed by atoms with Crippen LogP contribution in [0.1, 0.15) is 51.9 Å². The number of carbonyl (C=O) groups excluding carboxylic acids is 1. The van der Waals surface area contributed by atoms with Gasteiger partial charge >= 0.3 is 0 Å². The van der Waals surface area contributed by atoms with Crippen molar-refractivity contribution in [2.24, 2.45) is 5.10 Å². The van der Waals surface area contributed by atoms with Gasteiger partial charge < -0.3 is 0 Å². The number of rotatable bonds is 5. The fourth-order valence-corrected chi connectivity index (χ4v) is 5.16. The van der Waals surface area contributed by atoms with Gasteiger partial charge in [0.1, 0.15) is 0 Å². The highest BCUT2D eigenvalue weighted by molar-refractivity contribution is 7.89. The number of aryl methyl sites for hydroxylation is 2. The van der Waals surface area contributed by atoms with E-state index in [-0.39, 0.29) is 10.8 Å². The van der Waals surface area contributed by atoms with Crippen LogP contribution in [0.4, 0.5) is 0 Å². The van der Waals surface area contributed by atoms with Crippen LogP contribution >= 0.6 is 11.3 Å². The lowest BCUT2D eigenvalue weighted by Crippen LogP contribution is -2.22. The molecule has 1 N–H and O–H groups in total. The second-order valence-electron chi connectivity index (χ2n) is 7.07. The summed E-state index contributed by atoms with van der Waals surface area (Å²) in [7, 11) is -0.469. The summed E-state index contributed by atoms with van der Waals surface area (Å²) >= 11 is 1.56. The van der Waals surface area contributed by atoms with Gasteiger partial charge in [-0.15, -0.1) is 11.3 Å². The summed E-state index contributed by atoms with van der Waals surface area (Å²) in [6.45, 7) is 1.78. The van der Waals surface area contributed by atoms with Crippen molar-refractivity contribution in [3.63, 3.8) is 0 Å². The molecule has 1 heterocycles. The van der Waals surface area contributed by atoms with E-state index in [1.807, 2.05) is 6.07 Å². The van der Waals surface area contributed by atoms with Crippen LogP contribution in [0.2, 0.25) is 0 Å². The molecule has 0 unspecified atom stereocenters. The Bertz CT molecular complexity index is 967. The number of amides is 1. The molecule has 1 aliphatic rings. The summed E-state index contributed by atoms with van der Waals surface area (Å²) < 4.78 is 25.4. The molecule has 1 aromatic heterocycles. The fraction of sp³-hybridized carbons (Fsp3) is 0.400. The predicted molar refractivity (Wildman–Crippen MR) is 113 cm³/mol. The van der Waals surface area contributed by atoms with Gasteiger partial charge in [0.05, 0.1) is 15.5 Å². The number of hydrogen-bond acceptors (Lipinski definition) is 5. The number of hydrogen-bond donors (Lipinski definition) is 1. The summed E-state index contributed by atoms with van der Waals surface area (Å²) in [6, 6.07) is 8.46. The molecule has 0 saturated carbocycles. The fourth-order valence-electron chi connectivity index (χ4n) is 3.11. The third kappa shape index (κ3) is 4.51. The number of carbonyl (C=O) groups is 1. The number of fused-ring (bicyclic) bond motifs is 1. The quantitative estimate of drug-likeness (QED) is 0.458. The first-order valence-corrected chi connectivity index (χ1v) is 11.5. The number of thiophene rings is 1. The maximum atomic E-state index is 12.5. The zero-order valence-electron chi connectivity index (χ0n) is 16.4. The Hall–Kier alpha value is -2.03. The molecular formula is C20H25N3O3S2. The van der Waals surface area contributed by atoms with Crippen LogP contribution in [0.5, 0.6) is 0 Å². The SMILES string of the molecule is C/C(=N/NC(=O)c1cc2c(s1)CCCCC2)c1ccc(S(=O)(=O)N(C)C)cc1. The lowest BCUT2D eigenvalue weighted by Gasteiger charge is -2.11. The van der Waals surface area contributed by atoms with Gasteiger partial charge in [0.2, 0.25) is 10.0 Å².